The molecule has 0 saturated carbocycles. The van der Waals surface area contributed by atoms with Crippen molar-refractivity contribution < 1.29 is 9.21 Å². The van der Waals surface area contributed by atoms with E-state index < -0.39 is 0 Å². The molecule has 0 N–H and O–H groups in total. The van der Waals surface area contributed by atoms with Gasteiger partial charge in [-0.2, -0.15) is 0 Å². The number of aryl methyl sites for hydroxylation is 1. The van der Waals surface area contributed by atoms with Crippen LogP contribution in [-0.2, 0) is 11.3 Å². The van der Waals surface area contributed by atoms with Crippen molar-refractivity contribution in [2.24, 2.45) is 5.92 Å². The first kappa shape index (κ1) is 20.4. The summed E-state index contributed by atoms with van der Waals surface area (Å²) in [7, 11) is 2.08. The van der Waals surface area contributed by atoms with E-state index in [1.54, 1.807) is 0 Å². The van der Waals surface area contributed by atoms with Gasteiger partial charge in [-0.15, -0.1) is 0 Å². The molecule has 1 aliphatic rings. The van der Waals surface area contributed by atoms with Gasteiger partial charge in [0.15, 0.2) is 0 Å². The Hall–Kier alpha value is -2.92. The maximum Gasteiger partial charge on any atom is 0.226 e. The first-order valence-corrected chi connectivity index (χ1v) is 10.6. The second kappa shape index (κ2) is 8.84. The summed E-state index contributed by atoms with van der Waals surface area (Å²) in [5.41, 5.74) is 4.31. The van der Waals surface area contributed by atoms with Gasteiger partial charge in [-0.3, -0.25) is 4.79 Å². The molecule has 1 aromatic heterocycles. The Morgan fingerprint density at radius 3 is 2.40 bits per heavy atom. The Kier molecular flexibility index (Phi) is 6.00. The van der Waals surface area contributed by atoms with Gasteiger partial charge in [0, 0.05) is 38.2 Å². The molecular weight excluding hydrogens is 374 g/mol. The fraction of sp³-hybridized carbons (Fsp3) is 0.360. The van der Waals surface area contributed by atoms with Gasteiger partial charge in [0.05, 0.1) is 5.69 Å². The van der Waals surface area contributed by atoms with Crippen molar-refractivity contribution >= 4 is 5.91 Å². The molecule has 4 rings (SSSR count). The predicted octanol–water partition coefficient (Wildman–Crippen LogP) is 4.62. The largest absolute Gasteiger partial charge is 0.441 e. The zero-order valence-corrected chi connectivity index (χ0v) is 18.0. The van der Waals surface area contributed by atoms with Crippen molar-refractivity contribution in [3.8, 4) is 22.6 Å². The summed E-state index contributed by atoms with van der Waals surface area (Å²) in [6, 6.07) is 18.7. The number of amides is 1. The zero-order chi connectivity index (χ0) is 21.1. The standard InChI is InChI=1S/C25H29N3O2/c1-4-28-16-19(14-24(28)29)15-27(3)17-23-18(2)30-25(26-23)22-12-10-21(11-13-22)20-8-6-5-7-9-20/h5-13,19H,4,14-17H2,1-3H3. The van der Waals surface area contributed by atoms with E-state index >= 15 is 0 Å². The summed E-state index contributed by atoms with van der Waals surface area (Å²) in [6.45, 7) is 7.26. The lowest BCUT2D eigenvalue weighted by atomic mass is 10.0. The first-order chi connectivity index (χ1) is 14.5. The lowest BCUT2D eigenvalue weighted by Crippen LogP contribution is -2.28. The van der Waals surface area contributed by atoms with Gasteiger partial charge in [0.2, 0.25) is 11.8 Å². The lowest BCUT2D eigenvalue weighted by Gasteiger charge is -2.20. The van der Waals surface area contributed by atoms with Crippen LogP contribution in [0.3, 0.4) is 0 Å². The van der Waals surface area contributed by atoms with Crippen molar-refractivity contribution in [1.29, 1.82) is 0 Å². The van der Waals surface area contributed by atoms with Crippen LogP contribution in [0.4, 0.5) is 0 Å². The van der Waals surface area contributed by atoms with Crippen molar-refractivity contribution in [3.63, 3.8) is 0 Å². The van der Waals surface area contributed by atoms with Gasteiger partial charge >= 0.3 is 0 Å². The van der Waals surface area contributed by atoms with Crippen molar-refractivity contribution in [2.75, 3.05) is 26.7 Å². The molecule has 0 radical (unpaired) electrons. The van der Waals surface area contributed by atoms with E-state index in [4.69, 9.17) is 9.40 Å². The Morgan fingerprint density at radius 1 is 1.07 bits per heavy atom. The van der Waals surface area contributed by atoms with E-state index in [1.807, 2.05) is 36.9 Å². The second-order valence-corrected chi connectivity index (χ2v) is 8.16. The van der Waals surface area contributed by atoms with Crippen LogP contribution in [0.25, 0.3) is 22.6 Å². The number of nitrogens with zero attached hydrogens (tertiary/aromatic N) is 3. The van der Waals surface area contributed by atoms with E-state index in [2.05, 4.69) is 48.3 Å². The van der Waals surface area contributed by atoms with Crippen LogP contribution in [0.1, 0.15) is 24.8 Å². The van der Waals surface area contributed by atoms with Crippen molar-refractivity contribution in [1.82, 2.24) is 14.8 Å². The average Bonchev–Trinajstić information content (AvgIpc) is 3.30. The van der Waals surface area contributed by atoms with Crippen LogP contribution in [0.5, 0.6) is 0 Å². The quantitative estimate of drug-likeness (QED) is 0.578. The molecule has 1 atom stereocenters. The third kappa shape index (κ3) is 4.46. The number of hydrogen-bond acceptors (Lipinski definition) is 4. The molecule has 0 aliphatic carbocycles. The SMILES string of the molecule is CCN1CC(CN(C)Cc2nc(-c3ccc(-c4ccccc4)cc3)oc2C)CC1=O. The topological polar surface area (TPSA) is 49.6 Å². The maximum atomic E-state index is 12.0. The zero-order valence-electron chi connectivity index (χ0n) is 18.0. The molecule has 1 unspecified atom stereocenters. The average molecular weight is 404 g/mol. The predicted molar refractivity (Wildman–Crippen MR) is 119 cm³/mol. The van der Waals surface area contributed by atoms with Crippen LogP contribution in [0, 0.1) is 12.8 Å². The Labute approximate surface area is 178 Å². The summed E-state index contributed by atoms with van der Waals surface area (Å²) in [5.74, 6) is 2.17. The molecule has 156 valence electrons. The van der Waals surface area contributed by atoms with Crippen LogP contribution < -0.4 is 0 Å². The second-order valence-electron chi connectivity index (χ2n) is 8.16. The van der Waals surface area contributed by atoms with Gasteiger partial charge < -0.3 is 14.2 Å². The van der Waals surface area contributed by atoms with E-state index in [1.165, 1.54) is 11.1 Å². The Balaban J connectivity index is 1.41. The van der Waals surface area contributed by atoms with Gasteiger partial charge in [-0.1, -0.05) is 42.5 Å². The monoisotopic (exact) mass is 403 g/mol. The minimum absolute atomic E-state index is 0.273. The molecule has 5 nitrogen and oxygen atoms in total. The minimum Gasteiger partial charge on any atom is -0.441 e. The van der Waals surface area contributed by atoms with E-state index in [0.717, 1.165) is 36.7 Å². The minimum atomic E-state index is 0.273. The fourth-order valence-electron chi connectivity index (χ4n) is 4.18. The van der Waals surface area contributed by atoms with Crippen molar-refractivity contribution in [3.05, 3.63) is 66.1 Å². The molecule has 1 amide bonds. The van der Waals surface area contributed by atoms with Gasteiger partial charge in [0.1, 0.15) is 5.76 Å². The highest BCUT2D eigenvalue weighted by Gasteiger charge is 2.29. The molecular formula is C25H29N3O2. The number of rotatable bonds is 7. The van der Waals surface area contributed by atoms with Crippen LogP contribution in [0.15, 0.2) is 59.0 Å². The lowest BCUT2D eigenvalue weighted by molar-refractivity contribution is -0.127. The summed E-state index contributed by atoms with van der Waals surface area (Å²) in [5, 5.41) is 0. The number of carbonyl (C=O) groups is 1. The number of benzene rings is 2. The van der Waals surface area contributed by atoms with Crippen molar-refractivity contribution in [2.45, 2.75) is 26.8 Å². The molecule has 1 aliphatic heterocycles. The summed E-state index contributed by atoms with van der Waals surface area (Å²) < 4.78 is 5.97. The summed E-state index contributed by atoms with van der Waals surface area (Å²) in [4.78, 5) is 20.9. The number of aromatic nitrogens is 1. The van der Waals surface area contributed by atoms with Gasteiger partial charge in [-0.25, -0.2) is 4.98 Å². The molecule has 0 bridgehead atoms. The van der Waals surface area contributed by atoms with E-state index in [0.29, 0.717) is 24.8 Å². The third-order valence-electron chi connectivity index (χ3n) is 5.80. The maximum absolute atomic E-state index is 12.0. The van der Waals surface area contributed by atoms with Crippen LogP contribution in [0.2, 0.25) is 0 Å². The highest BCUT2D eigenvalue weighted by atomic mass is 16.4. The molecule has 1 fully saturated rings. The number of carbonyl (C=O) groups excluding carboxylic acids is 1. The molecule has 5 heteroatoms. The molecule has 30 heavy (non-hydrogen) atoms. The summed E-state index contributed by atoms with van der Waals surface area (Å²) >= 11 is 0. The smallest absolute Gasteiger partial charge is 0.226 e. The van der Waals surface area contributed by atoms with E-state index in [-0.39, 0.29) is 5.91 Å². The summed E-state index contributed by atoms with van der Waals surface area (Å²) in [6.07, 6.45) is 0.648. The normalized spacial score (nSPS) is 16.6. The fourth-order valence-corrected chi connectivity index (χ4v) is 4.18. The highest BCUT2D eigenvalue weighted by molar-refractivity contribution is 5.78. The number of likely N-dealkylation sites (tertiary alicyclic amines) is 1. The Bertz CT molecular complexity index is 995. The highest BCUT2D eigenvalue weighted by Crippen LogP contribution is 2.26. The van der Waals surface area contributed by atoms with Crippen LogP contribution in [-0.4, -0.2) is 47.4 Å². The molecule has 2 aromatic carbocycles. The number of oxazole rings is 1. The third-order valence-corrected chi connectivity index (χ3v) is 5.80. The van der Waals surface area contributed by atoms with E-state index in [9.17, 15) is 4.79 Å². The van der Waals surface area contributed by atoms with Crippen LogP contribution >= 0.6 is 0 Å². The number of hydrogen-bond donors (Lipinski definition) is 0. The van der Waals surface area contributed by atoms with Gasteiger partial charge in [-0.05, 0) is 50.1 Å². The molecule has 1 saturated heterocycles. The van der Waals surface area contributed by atoms with Gasteiger partial charge in [0.25, 0.3) is 0 Å². The molecule has 2 heterocycles. The molecule has 3 aromatic rings. The first-order valence-electron chi connectivity index (χ1n) is 10.6. The Morgan fingerprint density at radius 2 is 1.73 bits per heavy atom. The molecule has 0 spiro atoms.